The van der Waals surface area contributed by atoms with Gasteiger partial charge in [0.1, 0.15) is 0 Å². The maximum absolute atomic E-state index is 10.3. The molecule has 0 N–H and O–H groups in total. The van der Waals surface area contributed by atoms with Gasteiger partial charge in [0.15, 0.2) is 0 Å². The fourth-order valence-corrected chi connectivity index (χ4v) is 6.97. The number of nitrogens with zero attached hydrogens (tertiary/aromatic N) is 3. The lowest BCUT2D eigenvalue weighted by Gasteiger charge is -2.17. The monoisotopic (exact) mass is 671 g/mol. The highest BCUT2D eigenvalue weighted by molar-refractivity contribution is 6.16. The van der Waals surface area contributed by atoms with Crippen LogP contribution in [-0.2, 0) is 0 Å². The molecule has 3 heteroatoms. The Morgan fingerprint density at radius 2 is 0.863 bits per heavy atom. The smallest absolute Gasteiger partial charge is 0.0782 e. The van der Waals surface area contributed by atoms with Crippen LogP contribution in [0.4, 0.5) is 0 Å². The van der Waals surface area contributed by atoms with Crippen molar-refractivity contribution in [3.8, 4) is 28.2 Å². The molecule has 0 saturated heterocycles. The molecule has 238 valence electrons. The highest BCUT2D eigenvalue weighted by Crippen LogP contribution is 2.42. The first kappa shape index (κ1) is 14.2. The molecule has 0 saturated carbocycles. The summed E-state index contributed by atoms with van der Waals surface area (Å²) in [5.41, 5.74) is -2.53. The SMILES string of the molecule is [2H]c1c([2H])c([2H])c2c(c1[2H])c1c([2H])c([2H])c([2H])c(-n3c4c([2H])c([2H])c([2H])c([2H])c4c4c([2H])c([2H])c(-n5c6c([2H])c([2H])c([2H])c([2H])c6c6c([2H])c([2H])c([2H])c([2H])c65)c([2H])c43)c1n2-c1ccccc1-c1ccccc1. The van der Waals surface area contributed by atoms with Crippen LogP contribution in [0, 0.1) is 0 Å². The van der Waals surface area contributed by atoms with Gasteiger partial charge in [-0.05, 0) is 53.9 Å². The van der Waals surface area contributed by atoms with Crippen molar-refractivity contribution in [1.82, 2.24) is 13.7 Å². The van der Waals surface area contributed by atoms with Crippen LogP contribution in [0.2, 0.25) is 0 Å². The van der Waals surface area contributed by atoms with E-state index in [4.69, 9.17) is 16.4 Å². The zero-order valence-corrected chi connectivity index (χ0v) is 26.0. The molecule has 0 aliphatic carbocycles. The van der Waals surface area contributed by atoms with Crippen molar-refractivity contribution in [2.45, 2.75) is 0 Å². The summed E-state index contributed by atoms with van der Waals surface area (Å²) >= 11 is 0. The molecule has 0 spiro atoms. The summed E-state index contributed by atoms with van der Waals surface area (Å²) in [6.07, 6.45) is 0. The molecular formula is C48H31N3. The largest absolute Gasteiger partial charge is 0.309 e. The first-order chi connectivity index (χ1) is 34.5. The van der Waals surface area contributed by atoms with Gasteiger partial charge in [-0.3, -0.25) is 0 Å². The predicted molar refractivity (Wildman–Crippen MR) is 215 cm³/mol. The van der Waals surface area contributed by atoms with Crippen LogP contribution in [0.25, 0.3) is 93.6 Å². The van der Waals surface area contributed by atoms with Crippen molar-refractivity contribution in [3.63, 3.8) is 0 Å². The summed E-state index contributed by atoms with van der Waals surface area (Å²) in [5, 5.41) is -2.32. The van der Waals surface area contributed by atoms with Gasteiger partial charge in [0, 0.05) is 43.6 Å². The van der Waals surface area contributed by atoms with Crippen LogP contribution >= 0.6 is 0 Å². The van der Waals surface area contributed by atoms with E-state index in [1.165, 1.54) is 4.57 Å². The van der Waals surface area contributed by atoms with Crippen LogP contribution in [0.15, 0.2) is 188 Å². The van der Waals surface area contributed by atoms with Crippen molar-refractivity contribution in [2.24, 2.45) is 0 Å². The van der Waals surface area contributed by atoms with Gasteiger partial charge in [0.25, 0.3) is 0 Å². The van der Waals surface area contributed by atoms with Crippen LogP contribution in [0.3, 0.4) is 0 Å². The summed E-state index contributed by atoms with van der Waals surface area (Å²) in [7, 11) is 0. The third-order valence-electron chi connectivity index (χ3n) is 9.05. The first-order valence-corrected chi connectivity index (χ1v) is 15.8. The number of fused-ring (bicyclic) bond motifs is 9. The van der Waals surface area contributed by atoms with Crippen LogP contribution < -0.4 is 0 Å². The summed E-state index contributed by atoms with van der Waals surface area (Å²) < 4.78 is 205. The minimum atomic E-state index is -0.893. The normalized spacial score (nSPS) is 18.0. The highest BCUT2D eigenvalue weighted by Gasteiger charge is 2.22. The Labute approximate surface area is 325 Å². The molecule has 3 aromatic heterocycles. The minimum Gasteiger partial charge on any atom is -0.309 e. The van der Waals surface area contributed by atoms with Crippen molar-refractivity contribution < 1.29 is 30.2 Å². The molecule has 3 heterocycles. The number of rotatable bonds is 4. The molecule has 0 aliphatic heterocycles. The molecule has 11 aromatic rings. The summed E-state index contributed by atoms with van der Waals surface area (Å²) in [6, 6.07) is -1.46. The van der Waals surface area contributed by atoms with E-state index in [0.29, 0.717) is 11.1 Å². The van der Waals surface area contributed by atoms with E-state index in [-0.39, 0.29) is 27.5 Å². The van der Waals surface area contributed by atoms with E-state index < -0.39 is 188 Å². The van der Waals surface area contributed by atoms with Gasteiger partial charge in [0.2, 0.25) is 0 Å². The fraction of sp³-hybridized carbons (Fsp3) is 0. The van der Waals surface area contributed by atoms with Gasteiger partial charge in [-0.1, -0.05) is 139 Å². The molecular weight excluding hydrogens is 619 g/mol. The maximum atomic E-state index is 10.3. The number of hydrogen-bond acceptors (Lipinski definition) is 0. The Balaban J connectivity index is 1.48. The molecule has 3 nitrogen and oxygen atoms in total. The summed E-state index contributed by atoms with van der Waals surface area (Å²) in [5.74, 6) is 0. The topological polar surface area (TPSA) is 14.8 Å². The average molecular weight is 672 g/mol. The molecule has 8 aromatic carbocycles. The number of aromatic nitrogens is 3. The van der Waals surface area contributed by atoms with E-state index in [1.807, 2.05) is 0 Å². The molecule has 0 atom stereocenters. The lowest BCUT2D eigenvalue weighted by molar-refractivity contribution is 1.13. The van der Waals surface area contributed by atoms with Crippen molar-refractivity contribution in [1.29, 1.82) is 0 Å². The second-order valence-corrected chi connectivity index (χ2v) is 11.7. The second-order valence-electron chi connectivity index (χ2n) is 11.7. The highest BCUT2D eigenvalue weighted by atomic mass is 15.1. The van der Waals surface area contributed by atoms with Crippen LogP contribution in [0.1, 0.15) is 30.2 Å². The van der Waals surface area contributed by atoms with E-state index in [0.717, 1.165) is 9.13 Å². The Kier molecular flexibility index (Phi) is 3.01. The lowest BCUT2D eigenvalue weighted by atomic mass is 10.0. The Bertz CT molecular complexity index is 4320. The van der Waals surface area contributed by atoms with Crippen LogP contribution in [-0.4, -0.2) is 13.7 Å². The third kappa shape index (κ3) is 4.00. The Morgan fingerprint density at radius 3 is 1.53 bits per heavy atom. The van der Waals surface area contributed by atoms with Gasteiger partial charge < -0.3 is 13.7 Å². The van der Waals surface area contributed by atoms with E-state index >= 15 is 0 Å². The number of hydrogen-bond donors (Lipinski definition) is 0. The molecule has 0 unspecified atom stereocenters. The van der Waals surface area contributed by atoms with E-state index in [2.05, 4.69) is 0 Å². The van der Waals surface area contributed by atoms with E-state index in [1.54, 1.807) is 54.6 Å². The molecule has 0 radical (unpaired) electrons. The van der Waals surface area contributed by atoms with E-state index in [9.17, 15) is 13.7 Å². The number of para-hydroxylation sites is 6. The summed E-state index contributed by atoms with van der Waals surface area (Å²) in [4.78, 5) is 0. The zero-order chi connectivity index (χ0) is 52.6. The standard InChI is InChI=1S/C48H31N3/c1-2-15-32(16-3-1)34-17-4-9-23-41(34)51-45-27-13-8-21-38(45)40-22-14-28-46(48(40)51)50-44-26-12-7-20-37(44)39-30-29-33(31-47(39)50)49-42-24-10-5-18-35(42)36-19-6-11-25-43(36)49/h1-31H/i5D,6D,7D,8D,10D,11D,12D,13D,14D,18D,19D,20D,21D,22D,24D,25D,26D,27D,28D,29D,30D,31D. The molecule has 0 fully saturated rings. The first-order valence-electron chi connectivity index (χ1n) is 26.8. The van der Waals surface area contributed by atoms with Crippen molar-refractivity contribution in [3.05, 3.63) is 188 Å². The number of benzene rings is 8. The minimum absolute atomic E-state index is 0.217. The van der Waals surface area contributed by atoms with Gasteiger partial charge >= 0.3 is 0 Å². The van der Waals surface area contributed by atoms with Gasteiger partial charge in [-0.25, -0.2) is 0 Å². The Hall–Kier alpha value is -6.84. The van der Waals surface area contributed by atoms with Crippen molar-refractivity contribution in [2.75, 3.05) is 0 Å². The van der Waals surface area contributed by atoms with Gasteiger partial charge in [-0.15, -0.1) is 0 Å². The lowest BCUT2D eigenvalue weighted by Crippen LogP contribution is -2.02. The van der Waals surface area contributed by atoms with Crippen molar-refractivity contribution >= 4 is 65.4 Å². The molecule has 11 rings (SSSR count). The second kappa shape index (κ2) is 10.8. The average Bonchev–Trinajstić information content (AvgIpc) is 4.05. The molecule has 0 amide bonds. The molecule has 0 aliphatic rings. The summed E-state index contributed by atoms with van der Waals surface area (Å²) in [6.45, 7) is 0. The predicted octanol–water partition coefficient (Wildman–Crippen LogP) is 12.6. The third-order valence-corrected chi connectivity index (χ3v) is 9.05. The fourth-order valence-electron chi connectivity index (χ4n) is 6.97. The quantitative estimate of drug-likeness (QED) is 0.177. The Morgan fingerprint density at radius 1 is 0.353 bits per heavy atom. The molecule has 0 bridgehead atoms. The van der Waals surface area contributed by atoms with Gasteiger partial charge in [0.05, 0.1) is 74.6 Å². The maximum Gasteiger partial charge on any atom is 0.0782 e. The van der Waals surface area contributed by atoms with Crippen LogP contribution in [0.5, 0.6) is 0 Å². The molecule has 51 heavy (non-hydrogen) atoms. The van der Waals surface area contributed by atoms with Gasteiger partial charge in [-0.2, -0.15) is 0 Å². The zero-order valence-electron chi connectivity index (χ0n) is 48.0.